The van der Waals surface area contributed by atoms with Crippen molar-refractivity contribution in [3.05, 3.63) is 40.8 Å². The molecule has 0 aliphatic carbocycles. The average Bonchev–Trinajstić information content (AvgIpc) is 3.13. The van der Waals surface area contributed by atoms with E-state index >= 15 is 0 Å². The summed E-state index contributed by atoms with van der Waals surface area (Å²) in [6.07, 6.45) is 0. The quantitative estimate of drug-likeness (QED) is 0.877. The molecule has 2 amide bonds. The van der Waals surface area contributed by atoms with E-state index in [4.69, 9.17) is 4.74 Å². The highest BCUT2D eigenvalue weighted by Crippen LogP contribution is 2.42. The van der Waals surface area contributed by atoms with Crippen molar-refractivity contribution >= 4 is 23.2 Å². The van der Waals surface area contributed by atoms with Crippen LogP contribution in [0.25, 0.3) is 10.4 Å². The number of hydrogen-bond acceptors (Lipinski definition) is 5. The van der Waals surface area contributed by atoms with E-state index in [1.807, 2.05) is 42.2 Å². The maximum absolute atomic E-state index is 13.0. The lowest BCUT2D eigenvalue weighted by Crippen LogP contribution is -2.51. The molecular formula is C20H23N3O3S. The Bertz CT molecular complexity index is 856. The average molecular weight is 385 g/mol. The van der Waals surface area contributed by atoms with Crippen molar-refractivity contribution in [2.24, 2.45) is 0 Å². The number of piperazine rings is 1. The lowest BCUT2D eigenvalue weighted by Gasteiger charge is -2.34. The second-order valence-electron chi connectivity index (χ2n) is 6.77. The number of nitrogens with zero attached hydrogens (tertiary/aromatic N) is 2. The lowest BCUT2D eigenvalue weighted by atomic mass is 10.1. The maximum atomic E-state index is 13.0. The van der Waals surface area contributed by atoms with Gasteiger partial charge in [-0.15, -0.1) is 11.3 Å². The largest absolute Gasteiger partial charge is 0.488 e. The molecule has 27 heavy (non-hydrogen) atoms. The molecule has 2 aliphatic heterocycles. The first-order chi connectivity index (χ1) is 13.2. The van der Waals surface area contributed by atoms with Crippen molar-refractivity contribution in [1.82, 2.24) is 15.1 Å². The summed E-state index contributed by atoms with van der Waals surface area (Å²) in [5, 5.41) is 2.82. The number of nitrogens with one attached hydrogen (secondary N) is 1. The van der Waals surface area contributed by atoms with Gasteiger partial charge in [-0.05, 0) is 25.1 Å². The molecule has 2 aliphatic rings. The Morgan fingerprint density at radius 1 is 1.19 bits per heavy atom. The Morgan fingerprint density at radius 2 is 1.96 bits per heavy atom. The summed E-state index contributed by atoms with van der Waals surface area (Å²) in [5.74, 6) is 0.997. The molecule has 0 unspecified atom stereocenters. The molecule has 1 N–H and O–H groups in total. The van der Waals surface area contributed by atoms with Crippen molar-refractivity contribution < 1.29 is 14.3 Å². The van der Waals surface area contributed by atoms with Gasteiger partial charge in [0.05, 0.1) is 11.4 Å². The first-order valence-corrected chi connectivity index (χ1v) is 10.1. The molecule has 6 nitrogen and oxygen atoms in total. The lowest BCUT2D eigenvalue weighted by molar-refractivity contribution is -0.122. The first-order valence-electron chi connectivity index (χ1n) is 9.29. The molecule has 142 valence electrons. The fourth-order valence-electron chi connectivity index (χ4n) is 3.53. The van der Waals surface area contributed by atoms with Crippen LogP contribution >= 0.6 is 11.3 Å². The zero-order valence-corrected chi connectivity index (χ0v) is 16.2. The topological polar surface area (TPSA) is 61.9 Å². The Hall–Kier alpha value is -2.38. The Kier molecular flexibility index (Phi) is 5.13. The van der Waals surface area contributed by atoms with Crippen LogP contribution in [0.1, 0.15) is 22.2 Å². The van der Waals surface area contributed by atoms with Gasteiger partial charge in [0.15, 0.2) is 0 Å². The standard InChI is InChI=1S/C20H23N3O3S/c1-2-21-18(24)12-22-7-9-23(10-8-22)20(25)17-11-14-13-26-16-6-4-3-5-15(16)19(14)27-17/h3-6,11H,2,7-10,12-13H2,1H3,(H,21,24). The molecule has 0 radical (unpaired) electrons. The molecule has 1 saturated heterocycles. The third-order valence-corrected chi connectivity index (χ3v) is 6.13. The molecule has 1 aromatic heterocycles. The van der Waals surface area contributed by atoms with Crippen molar-refractivity contribution in [2.45, 2.75) is 13.5 Å². The van der Waals surface area contributed by atoms with Crippen molar-refractivity contribution in [3.8, 4) is 16.2 Å². The van der Waals surface area contributed by atoms with Gasteiger partial charge in [0.2, 0.25) is 5.91 Å². The van der Waals surface area contributed by atoms with Crippen LogP contribution in [-0.2, 0) is 11.4 Å². The van der Waals surface area contributed by atoms with E-state index in [-0.39, 0.29) is 11.8 Å². The van der Waals surface area contributed by atoms with Crippen LogP contribution in [-0.4, -0.2) is 60.9 Å². The summed E-state index contributed by atoms with van der Waals surface area (Å²) in [6, 6.07) is 9.93. The van der Waals surface area contributed by atoms with Crippen LogP contribution in [0, 0.1) is 0 Å². The van der Waals surface area contributed by atoms with Gasteiger partial charge in [-0.3, -0.25) is 14.5 Å². The molecule has 2 aromatic rings. The van der Waals surface area contributed by atoms with Crippen LogP contribution < -0.4 is 10.1 Å². The highest BCUT2D eigenvalue weighted by atomic mass is 32.1. The van der Waals surface area contributed by atoms with E-state index in [1.165, 1.54) is 0 Å². The van der Waals surface area contributed by atoms with Gasteiger partial charge >= 0.3 is 0 Å². The zero-order chi connectivity index (χ0) is 18.8. The number of carbonyl (C=O) groups is 2. The molecule has 1 aromatic carbocycles. The predicted octanol–water partition coefficient (Wildman–Crippen LogP) is 2.20. The summed E-state index contributed by atoms with van der Waals surface area (Å²) in [7, 11) is 0. The minimum atomic E-state index is 0.0434. The molecule has 7 heteroatoms. The van der Waals surface area contributed by atoms with Gasteiger partial charge in [-0.1, -0.05) is 12.1 Å². The highest BCUT2D eigenvalue weighted by molar-refractivity contribution is 7.17. The van der Waals surface area contributed by atoms with E-state index in [9.17, 15) is 9.59 Å². The summed E-state index contributed by atoms with van der Waals surface area (Å²) < 4.78 is 5.80. The molecular weight excluding hydrogens is 362 g/mol. The van der Waals surface area contributed by atoms with Crippen molar-refractivity contribution in [1.29, 1.82) is 0 Å². The molecule has 0 bridgehead atoms. The number of fused-ring (bicyclic) bond motifs is 3. The maximum Gasteiger partial charge on any atom is 0.264 e. The van der Waals surface area contributed by atoms with Crippen molar-refractivity contribution in [3.63, 3.8) is 0 Å². The van der Waals surface area contributed by atoms with E-state index < -0.39 is 0 Å². The Balaban J connectivity index is 1.42. The van der Waals surface area contributed by atoms with Gasteiger partial charge in [0.1, 0.15) is 12.4 Å². The number of carbonyl (C=O) groups excluding carboxylic acids is 2. The van der Waals surface area contributed by atoms with E-state index in [2.05, 4.69) is 10.2 Å². The third-order valence-electron chi connectivity index (χ3n) is 4.94. The fraction of sp³-hybridized carbons (Fsp3) is 0.400. The zero-order valence-electron chi connectivity index (χ0n) is 15.4. The molecule has 0 saturated carbocycles. The van der Waals surface area contributed by atoms with E-state index in [0.29, 0.717) is 32.8 Å². The van der Waals surface area contributed by atoms with Crippen LogP contribution in [0.5, 0.6) is 5.75 Å². The van der Waals surface area contributed by atoms with Crippen LogP contribution in [0.2, 0.25) is 0 Å². The van der Waals surface area contributed by atoms with Gasteiger partial charge in [-0.25, -0.2) is 0 Å². The van der Waals surface area contributed by atoms with E-state index in [1.54, 1.807) is 11.3 Å². The van der Waals surface area contributed by atoms with Crippen LogP contribution in [0.4, 0.5) is 0 Å². The second-order valence-corrected chi connectivity index (χ2v) is 7.82. The summed E-state index contributed by atoms with van der Waals surface area (Å²) >= 11 is 1.55. The first kappa shape index (κ1) is 18.0. The molecule has 0 spiro atoms. The number of rotatable bonds is 4. The second kappa shape index (κ2) is 7.70. The van der Waals surface area contributed by atoms with Crippen LogP contribution in [0.15, 0.2) is 30.3 Å². The smallest absolute Gasteiger partial charge is 0.264 e. The Morgan fingerprint density at radius 3 is 2.74 bits per heavy atom. The number of amides is 2. The minimum Gasteiger partial charge on any atom is -0.488 e. The van der Waals surface area contributed by atoms with Gasteiger partial charge in [0.25, 0.3) is 5.91 Å². The number of para-hydroxylation sites is 1. The number of thiophene rings is 1. The van der Waals surface area contributed by atoms with Gasteiger partial charge in [-0.2, -0.15) is 0 Å². The SMILES string of the molecule is CCNC(=O)CN1CCN(C(=O)c2cc3c(s2)-c2ccccc2OC3)CC1. The summed E-state index contributed by atoms with van der Waals surface area (Å²) in [5.41, 5.74) is 2.14. The highest BCUT2D eigenvalue weighted by Gasteiger charge is 2.27. The number of likely N-dealkylation sites (N-methyl/N-ethyl adjacent to an activating group) is 1. The number of benzene rings is 1. The monoisotopic (exact) mass is 385 g/mol. The third kappa shape index (κ3) is 3.70. The van der Waals surface area contributed by atoms with Crippen LogP contribution in [0.3, 0.4) is 0 Å². The molecule has 1 fully saturated rings. The Labute approximate surface area is 162 Å². The van der Waals surface area contributed by atoms with Crippen molar-refractivity contribution in [2.75, 3.05) is 39.3 Å². The molecule has 0 atom stereocenters. The number of ether oxygens (including phenoxy) is 1. The summed E-state index contributed by atoms with van der Waals surface area (Å²) in [6.45, 7) is 6.21. The van der Waals surface area contributed by atoms with Gasteiger partial charge < -0.3 is 15.0 Å². The fourth-order valence-corrected chi connectivity index (χ4v) is 4.69. The molecule has 3 heterocycles. The minimum absolute atomic E-state index is 0.0434. The van der Waals surface area contributed by atoms with Gasteiger partial charge in [0, 0.05) is 48.7 Å². The molecule has 4 rings (SSSR count). The number of hydrogen-bond donors (Lipinski definition) is 1. The normalized spacial score (nSPS) is 16.3. The predicted molar refractivity (Wildman–Crippen MR) is 105 cm³/mol. The summed E-state index contributed by atoms with van der Waals surface area (Å²) in [4.78, 5) is 30.6. The van der Waals surface area contributed by atoms with E-state index in [0.717, 1.165) is 39.7 Å².